The highest BCUT2D eigenvalue weighted by Crippen LogP contribution is 2.33. The Balaban J connectivity index is 2.40. The average molecular weight is 281 g/mol. The molecule has 1 N–H and O–H groups in total. The van der Waals surface area contributed by atoms with E-state index in [0.717, 1.165) is 22.2 Å². The van der Waals surface area contributed by atoms with Crippen LogP contribution >= 0.6 is 23.1 Å². The van der Waals surface area contributed by atoms with Crippen molar-refractivity contribution in [3.05, 3.63) is 16.3 Å². The van der Waals surface area contributed by atoms with E-state index in [1.54, 1.807) is 11.3 Å². The fourth-order valence-corrected chi connectivity index (χ4v) is 3.64. The predicted octanol–water partition coefficient (Wildman–Crippen LogP) is 3.99. The molecular weight excluding hydrogens is 262 g/mol. The van der Waals surface area contributed by atoms with E-state index >= 15 is 0 Å². The fourth-order valence-electron chi connectivity index (χ4n) is 1.85. The highest BCUT2D eigenvalue weighted by molar-refractivity contribution is 7.98. The Hall–Kier alpha value is -0.810. The normalized spacial score (nSPS) is 11.1. The minimum atomic E-state index is 0.897. The number of anilines is 1. The minimum Gasteiger partial charge on any atom is -0.372 e. The number of rotatable bonds is 5. The van der Waals surface area contributed by atoms with E-state index in [1.165, 1.54) is 28.0 Å². The number of aromatic nitrogens is 2. The Kier molecular flexibility index (Phi) is 4.45. The fraction of sp³-hybridized carbons (Fsp3) is 0.538. The molecule has 3 nitrogen and oxygen atoms in total. The van der Waals surface area contributed by atoms with Gasteiger partial charge in [0, 0.05) is 11.9 Å². The van der Waals surface area contributed by atoms with Crippen LogP contribution in [0.1, 0.15) is 29.6 Å². The lowest BCUT2D eigenvalue weighted by atomic mass is 10.2. The number of aryl methyl sites for hydroxylation is 2. The van der Waals surface area contributed by atoms with Crippen LogP contribution in [0.3, 0.4) is 0 Å². The van der Waals surface area contributed by atoms with Gasteiger partial charge in [0.1, 0.15) is 16.5 Å². The molecule has 0 aliphatic heterocycles. The van der Waals surface area contributed by atoms with Crippen LogP contribution in [0.15, 0.2) is 0 Å². The van der Waals surface area contributed by atoms with Crippen LogP contribution in [0.4, 0.5) is 5.82 Å². The monoisotopic (exact) mass is 281 g/mol. The Morgan fingerprint density at radius 1 is 1.28 bits per heavy atom. The standard InChI is InChI=1S/C13H19N3S2/c1-5-6-17-7-10-15-12(14-4)11-8(2)9(3)18-13(11)16-10/h5-7H2,1-4H3,(H,14,15,16). The van der Waals surface area contributed by atoms with Crippen molar-refractivity contribution in [1.29, 1.82) is 0 Å². The minimum absolute atomic E-state index is 0.897. The molecule has 0 bridgehead atoms. The molecule has 5 heteroatoms. The van der Waals surface area contributed by atoms with Crippen LogP contribution in [0.5, 0.6) is 0 Å². The summed E-state index contributed by atoms with van der Waals surface area (Å²) in [4.78, 5) is 11.7. The lowest BCUT2D eigenvalue weighted by Crippen LogP contribution is -2.00. The zero-order valence-corrected chi connectivity index (χ0v) is 13.0. The van der Waals surface area contributed by atoms with E-state index in [4.69, 9.17) is 0 Å². The molecule has 0 saturated carbocycles. The van der Waals surface area contributed by atoms with Crippen molar-refractivity contribution in [2.75, 3.05) is 18.1 Å². The third kappa shape index (κ3) is 2.62. The lowest BCUT2D eigenvalue weighted by Gasteiger charge is -2.06. The number of nitrogens with zero attached hydrogens (tertiary/aromatic N) is 2. The van der Waals surface area contributed by atoms with Crippen LogP contribution in [-0.4, -0.2) is 22.8 Å². The maximum absolute atomic E-state index is 4.68. The molecule has 0 aromatic carbocycles. The first kappa shape index (κ1) is 13.6. The van der Waals surface area contributed by atoms with E-state index < -0.39 is 0 Å². The highest BCUT2D eigenvalue weighted by atomic mass is 32.2. The van der Waals surface area contributed by atoms with Crippen molar-refractivity contribution in [3.8, 4) is 0 Å². The van der Waals surface area contributed by atoms with Gasteiger partial charge in [0.15, 0.2) is 0 Å². The van der Waals surface area contributed by atoms with Gasteiger partial charge in [-0.05, 0) is 31.6 Å². The van der Waals surface area contributed by atoms with E-state index in [-0.39, 0.29) is 0 Å². The van der Waals surface area contributed by atoms with Gasteiger partial charge in [-0.15, -0.1) is 11.3 Å². The molecule has 0 aliphatic rings. The molecule has 0 radical (unpaired) electrons. The van der Waals surface area contributed by atoms with Gasteiger partial charge in [-0.3, -0.25) is 0 Å². The summed E-state index contributed by atoms with van der Waals surface area (Å²) in [5.74, 6) is 3.97. The van der Waals surface area contributed by atoms with Crippen molar-refractivity contribution in [2.45, 2.75) is 32.9 Å². The van der Waals surface area contributed by atoms with Gasteiger partial charge in [-0.1, -0.05) is 6.92 Å². The number of hydrogen-bond donors (Lipinski definition) is 1. The first-order chi connectivity index (χ1) is 8.67. The Bertz CT molecular complexity index is 549. The Labute approximate surface area is 116 Å². The van der Waals surface area contributed by atoms with E-state index in [2.05, 4.69) is 36.1 Å². The van der Waals surface area contributed by atoms with Gasteiger partial charge in [0.05, 0.1) is 11.1 Å². The van der Waals surface area contributed by atoms with Crippen LogP contribution in [-0.2, 0) is 5.75 Å². The van der Waals surface area contributed by atoms with E-state index in [9.17, 15) is 0 Å². The highest BCUT2D eigenvalue weighted by Gasteiger charge is 2.13. The van der Waals surface area contributed by atoms with E-state index in [1.807, 2.05) is 18.8 Å². The Morgan fingerprint density at radius 2 is 2.06 bits per heavy atom. The lowest BCUT2D eigenvalue weighted by molar-refractivity contribution is 1.06. The quantitative estimate of drug-likeness (QED) is 0.841. The summed E-state index contributed by atoms with van der Waals surface area (Å²) in [6.07, 6.45) is 1.20. The number of thiophene rings is 1. The zero-order valence-electron chi connectivity index (χ0n) is 11.3. The zero-order chi connectivity index (χ0) is 13.1. The molecule has 0 atom stereocenters. The molecule has 0 spiro atoms. The maximum Gasteiger partial charge on any atom is 0.142 e. The number of thioether (sulfide) groups is 1. The van der Waals surface area contributed by atoms with Gasteiger partial charge in [-0.2, -0.15) is 11.8 Å². The maximum atomic E-state index is 4.68. The average Bonchev–Trinajstić information content (AvgIpc) is 2.65. The molecule has 0 saturated heterocycles. The van der Waals surface area contributed by atoms with Crippen molar-refractivity contribution in [1.82, 2.24) is 9.97 Å². The largest absolute Gasteiger partial charge is 0.372 e. The first-order valence-electron chi connectivity index (χ1n) is 6.19. The number of nitrogens with one attached hydrogen (secondary N) is 1. The van der Waals surface area contributed by atoms with Crippen LogP contribution in [0, 0.1) is 13.8 Å². The molecule has 0 aliphatic carbocycles. The summed E-state index contributed by atoms with van der Waals surface area (Å²) in [6, 6.07) is 0. The van der Waals surface area contributed by atoms with Crippen molar-refractivity contribution in [2.24, 2.45) is 0 Å². The van der Waals surface area contributed by atoms with Crippen LogP contribution < -0.4 is 5.32 Å². The topological polar surface area (TPSA) is 37.8 Å². The molecule has 2 aromatic heterocycles. The van der Waals surface area contributed by atoms with Gasteiger partial charge >= 0.3 is 0 Å². The second-order valence-electron chi connectivity index (χ2n) is 4.25. The van der Waals surface area contributed by atoms with Gasteiger partial charge < -0.3 is 5.32 Å². The van der Waals surface area contributed by atoms with Crippen molar-refractivity contribution in [3.63, 3.8) is 0 Å². The molecule has 0 amide bonds. The van der Waals surface area contributed by atoms with E-state index in [0.29, 0.717) is 0 Å². The van der Waals surface area contributed by atoms with Crippen molar-refractivity contribution < 1.29 is 0 Å². The Morgan fingerprint density at radius 3 is 2.72 bits per heavy atom. The summed E-state index contributed by atoms with van der Waals surface area (Å²) in [5.41, 5.74) is 1.30. The molecule has 2 heterocycles. The summed E-state index contributed by atoms with van der Waals surface area (Å²) < 4.78 is 0. The van der Waals surface area contributed by atoms with Crippen LogP contribution in [0.25, 0.3) is 10.2 Å². The molecule has 98 valence electrons. The third-order valence-electron chi connectivity index (χ3n) is 2.89. The predicted molar refractivity (Wildman–Crippen MR) is 82.9 cm³/mol. The second kappa shape index (κ2) is 5.89. The van der Waals surface area contributed by atoms with Gasteiger partial charge in [0.25, 0.3) is 0 Å². The second-order valence-corrected chi connectivity index (χ2v) is 6.56. The molecule has 2 rings (SSSR count). The summed E-state index contributed by atoms with van der Waals surface area (Å²) in [6.45, 7) is 6.48. The molecule has 0 fully saturated rings. The van der Waals surface area contributed by atoms with Gasteiger partial charge in [0.2, 0.25) is 0 Å². The van der Waals surface area contributed by atoms with Crippen molar-refractivity contribution >= 4 is 39.1 Å². The molecule has 2 aromatic rings. The third-order valence-corrected chi connectivity index (χ3v) is 5.15. The molecule has 18 heavy (non-hydrogen) atoms. The summed E-state index contributed by atoms with van der Waals surface area (Å²) in [7, 11) is 1.93. The molecular formula is C13H19N3S2. The SMILES string of the molecule is CCCSCc1nc(NC)c2c(C)c(C)sc2n1. The van der Waals surface area contributed by atoms with Gasteiger partial charge in [-0.25, -0.2) is 9.97 Å². The summed E-state index contributed by atoms with van der Waals surface area (Å²) in [5, 5.41) is 4.39. The molecule has 0 unspecified atom stereocenters. The summed E-state index contributed by atoms with van der Waals surface area (Å²) >= 11 is 3.66. The smallest absolute Gasteiger partial charge is 0.142 e. The number of fused-ring (bicyclic) bond motifs is 1. The number of hydrogen-bond acceptors (Lipinski definition) is 5. The van der Waals surface area contributed by atoms with Crippen LogP contribution in [0.2, 0.25) is 0 Å². The first-order valence-corrected chi connectivity index (χ1v) is 8.16.